The van der Waals surface area contributed by atoms with Gasteiger partial charge >= 0.3 is 0 Å². The molecule has 1 aliphatic heterocycles. The zero-order valence-electron chi connectivity index (χ0n) is 12.3. The number of carbonyl (C=O) groups is 1. The Balaban J connectivity index is 1.64. The number of aromatic nitrogens is 2. The van der Waals surface area contributed by atoms with Crippen LogP contribution >= 0.6 is 11.3 Å². The summed E-state index contributed by atoms with van der Waals surface area (Å²) < 4.78 is 10.9. The van der Waals surface area contributed by atoms with Gasteiger partial charge in [0.05, 0.1) is 31.6 Å². The van der Waals surface area contributed by atoms with Crippen LogP contribution in [0, 0.1) is 0 Å². The molecule has 0 spiro atoms. The summed E-state index contributed by atoms with van der Waals surface area (Å²) in [5, 5.41) is 3.79. The number of likely N-dealkylation sites (tertiary alicyclic amines) is 1. The molecule has 1 atom stereocenters. The van der Waals surface area contributed by atoms with Crippen LogP contribution in [0.4, 0.5) is 0 Å². The van der Waals surface area contributed by atoms with Crippen molar-refractivity contribution in [3.05, 3.63) is 34.8 Å². The molecule has 6 nitrogen and oxygen atoms in total. The van der Waals surface area contributed by atoms with Crippen molar-refractivity contribution in [2.45, 2.75) is 18.9 Å². The van der Waals surface area contributed by atoms with Crippen molar-refractivity contribution < 1.29 is 14.3 Å². The Kier molecular flexibility index (Phi) is 4.53. The fourth-order valence-electron chi connectivity index (χ4n) is 2.44. The van der Waals surface area contributed by atoms with E-state index in [0.29, 0.717) is 18.3 Å². The summed E-state index contributed by atoms with van der Waals surface area (Å²) in [5.41, 5.74) is 0.742. The molecule has 0 bridgehead atoms. The highest BCUT2D eigenvalue weighted by molar-refractivity contribution is 7.08. The Labute approximate surface area is 132 Å². The van der Waals surface area contributed by atoms with Crippen molar-refractivity contribution in [3.63, 3.8) is 0 Å². The van der Waals surface area contributed by atoms with Crippen LogP contribution in [0.5, 0.6) is 11.8 Å². The largest absolute Gasteiger partial charge is 0.480 e. The highest BCUT2D eigenvalue weighted by Crippen LogP contribution is 2.20. The van der Waals surface area contributed by atoms with Crippen LogP contribution in [-0.2, 0) is 0 Å². The van der Waals surface area contributed by atoms with Gasteiger partial charge < -0.3 is 14.4 Å². The number of hydrogen-bond donors (Lipinski definition) is 0. The Morgan fingerprint density at radius 3 is 3.05 bits per heavy atom. The molecular formula is C15H17N3O3S. The number of ether oxygens (including phenoxy) is 2. The van der Waals surface area contributed by atoms with Crippen LogP contribution in [-0.4, -0.2) is 47.1 Å². The van der Waals surface area contributed by atoms with Gasteiger partial charge in [-0.15, -0.1) is 0 Å². The number of carbonyl (C=O) groups excluding carboxylic acids is 1. The minimum absolute atomic E-state index is 0.0614. The zero-order chi connectivity index (χ0) is 15.4. The first-order chi connectivity index (χ1) is 10.8. The average Bonchev–Trinajstić information content (AvgIpc) is 3.09. The maximum atomic E-state index is 12.4. The van der Waals surface area contributed by atoms with Crippen molar-refractivity contribution in [2.24, 2.45) is 0 Å². The summed E-state index contributed by atoms with van der Waals surface area (Å²) >= 11 is 1.53. The molecule has 0 aromatic carbocycles. The summed E-state index contributed by atoms with van der Waals surface area (Å²) in [6.07, 6.45) is 4.82. The minimum Gasteiger partial charge on any atom is -0.480 e. The zero-order valence-corrected chi connectivity index (χ0v) is 13.1. The molecule has 1 saturated heterocycles. The third-order valence-electron chi connectivity index (χ3n) is 3.52. The molecule has 3 rings (SSSR count). The Morgan fingerprint density at radius 1 is 1.41 bits per heavy atom. The van der Waals surface area contributed by atoms with Crippen LogP contribution in [0.25, 0.3) is 0 Å². The van der Waals surface area contributed by atoms with E-state index < -0.39 is 0 Å². The van der Waals surface area contributed by atoms with Gasteiger partial charge in [-0.05, 0) is 24.3 Å². The van der Waals surface area contributed by atoms with Crippen molar-refractivity contribution in [3.8, 4) is 11.8 Å². The van der Waals surface area contributed by atoms with Crippen molar-refractivity contribution in [1.29, 1.82) is 0 Å². The van der Waals surface area contributed by atoms with Gasteiger partial charge in [0.15, 0.2) is 0 Å². The maximum Gasteiger partial charge on any atom is 0.254 e. The highest BCUT2D eigenvalue weighted by atomic mass is 32.1. The molecule has 3 heterocycles. The Morgan fingerprint density at radius 2 is 2.27 bits per heavy atom. The normalized spacial score (nSPS) is 18.0. The van der Waals surface area contributed by atoms with E-state index >= 15 is 0 Å². The van der Waals surface area contributed by atoms with E-state index in [1.54, 1.807) is 6.20 Å². The lowest BCUT2D eigenvalue weighted by Gasteiger charge is -2.32. The van der Waals surface area contributed by atoms with Gasteiger partial charge in [0.1, 0.15) is 6.10 Å². The number of thiophene rings is 1. The average molecular weight is 319 g/mol. The van der Waals surface area contributed by atoms with Gasteiger partial charge in [-0.2, -0.15) is 16.3 Å². The number of nitrogens with zero attached hydrogens (tertiary/aromatic N) is 3. The summed E-state index contributed by atoms with van der Waals surface area (Å²) in [4.78, 5) is 22.4. The van der Waals surface area contributed by atoms with Crippen molar-refractivity contribution in [1.82, 2.24) is 14.9 Å². The molecule has 7 heteroatoms. The first kappa shape index (κ1) is 14.8. The summed E-state index contributed by atoms with van der Waals surface area (Å²) in [6.45, 7) is 1.33. The van der Waals surface area contributed by atoms with E-state index in [4.69, 9.17) is 9.47 Å². The maximum absolute atomic E-state index is 12.4. The van der Waals surface area contributed by atoms with Gasteiger partial charge in [-0.25, -0.2) is 0 Å². The van der Waals surface area contributed by atoms with E-state index in [1.165, 1.54) is 24.6 Å². The monoisotopic (exact) mass is 319 g/mol. The third-order valence-corrected chi connectivity index (χ3v) is 4.20. The van der Waals surface area contributed by atoms with Gasteiger partial charge in [-0.1, -0.05) is 0 Å². The molecule has 1 aliphatic rings. The molecule has 116 valence electrons. The molecule has 2 aromatic rings. The summed E-state index contributed by atoms with van der Waals surface area (Å²) in [7, 11) is 1.54. The highest BCUT2D eigenvalue weighted by Gasteiger charge is 2.26. The first-order valence-electron chi connectivity index (χ1n) is 7.10. The van der Waals surface area contributed by atoms with Crippen LogP contribution in [0.15, 0.2) is 29.2 Å². The SMILES string of the molecule is COc1cncc(O[C@H]2CCCN(C(=O)c3ccsc3)C2)n1. The second-order valence-electron chi connectivity index (χ2n) is 5.04. The lowest BCUT2D eigenvalue weighted by atomic mass is 10.1. The Bertz CT molecular complexity index is 633. The van der Waals surface area contributed by atoms with Crippen LogP contribution < -0.4 is 9.47 Å². The molecule has 1 amide bonds. The number of methoxy groups -OCH3 is 1. The molecule has 0 N–H and O–H groups in total. The van der Waals surface area contributed by atoms with E-state index in [0.717, 1.165) is 24.9 Å². The van der Waals surface area contributed by atoms with Crippen molar-refractivity contribution in [2.75, 3.05) is 20.2 Å². The fourth-order valence-corrected chi connectivity index (χ4v) is 3.07. The van der Waals surface area contributed by atoms with Crippen LogP contribution in [0.2, 0.25) is 0 Å². The lowest BCUT2D eigenvalue weighted by Crippen LogP contribution is -2.44. The Hall–Kier alpha value is -2.15. The number of piperidine rings is 1. The summed E-state index contributed by atoms with van der Waals surface area (Å²) in [6, 6.07) is 1.85. The molecular weight excluding hydrogens is 302 g/mol. The van der Waals surface area contributed by atoms with Gasteiger partial charge in [-0.3, -0.25) is 9.78 Å². The number of hydrogen-bond acceptors (Lipinski definition) is 6. The molecule has 0 aliphatic carbocycles. The lowest BCUT2D eigenvalue weighted by molar-refractivity contribution is 0.0526. The van der Waals surface area contributed by atoms with Gasteiger partial charge in [0.25, 0.3) is 5.91 Å². The smallest absolute Gasteiger partial charge is 0.254 e. The molecule has 0 radical (unpaired) electrons. The van der Waals surface area contributed by atoms with E-state index in [1.807, 2.05) is 21.7 Å². The van der Waals surface area contributed by atoms with E-state index in [-0.39, 0.29) is 12.0 Å². The summed E-state index contributed by atoms with van der Waals surface area (Å²) in [5.74, 6) is 0.903. The standard InChI is InChI=1S/C15H17N3O3S/c1-20-13-7-16-8-14(17-13)21-12-3-2-5-18(9-12)15(19)11-4-6-22-10-11/h4,6-8,10,12H,2-3,5,9H2,1H3/t12-/m0/s1. The van der Waals surface area contributed by atoms with Gasteiger partial charge in [0, 0.05) is 11.9 Å². The topological polar surface area (TPSA) is 64.6 Å². The van der Waals surface area contributed by atoms with Crippen LogP contribution in [0.3, 0.4) is 0 Å². The molecule has 0 saturated carbocycles. The molecule has 2 aromatic heterocycles. The van der Waals surface area contributed by atoms with E-state index in [9.17, 15) is 4.79 Å². The number of amides is 1. The second kappa shape index (κ2) is 6.74. The molecule has 22 heavy (non-hydrogen) atoms. The quantitative estimate of drug-likeness (QED) is 0.864. The molecule has 1 fully saturated rings. The first-order valence-corrected chi connectivity index (χ1v) is 8.04. The van der Waals surface area contributed by atoms with Gasteiger partial charge in [0.2, 0.25) is 11.8 Å². The van der Waals surface area contributed by atoms with E-state index in [2.05, 4.69) is 9.97 Å². The fraction of sp³-hybridized carbons (Fsp3) is 0.400. The predicted octanol–water partition coefficient (Wildman–Crippen LogP) is 2.23. The molecule has 0 unspecified atom stereocenters. The third kappa shape index (κ3) is 3.36. The minimum atomic E-state index is -0.0715. The van der Waals surface area contributed by atoms with Crippen molar-refractivity contribution >= 4 is 17.2 Å². The van der Waals surface area contributed by atoms with Crippen LogP contribution in [0.1, 0.15) is 23.2 Å². The predicted molar refractivity (Wildman–Crippen MR) is 82.5 cm³/mol. The number of rotatable bonds is 4. The second-order valence-corrected chi connectivity index (χ2v) is 5.82.